The standard InChI is InChI=1S/C24H25N3O2/c28-24(26-17-20-11-12-23(25-16-20)27-13-4-5-14-27)21-9-6-10-22(15-21)29-18-19-7-2-1-3-8-19/h1-3,6-12,15-16H,4-5,13-14,17-18H2,(H,26,28). The van der Waals surface area contributed by atoms with Crippen molar-refractivity contribution in [3.63, 3.8) is 0 Å². The SMILES string of the molecule is O=C(NCc1ccc(N2CCCC2)nc1)c1cccc(OCc2ccccc2)c1. The van der Waals surface area contributed by atoms with E-state index in [1.54, 1.807) is 12.1 Å². The van der Waals surface area contributed by atoms with Gasteiger partial charge in [-0.3, -0.25) is 4.79 Å². The molecule has 1 amide bonds. The molecule has 29 heavy (non-hydrogen) atoms. The molecule has 1 N–H and O–H groups in total. The molecule has 5 nitrogen and oxygen atoms in total. The van der Waals surface area contributed by atoms with Gasteiger partial charge in [-0.1, -0.05) is 42.5 Å². The number of nitrogens with zero attached hydrogens (tertiary/aromatic N) is 2. The van der Waals surface area contributed by atoms with Crippen LogP contribution in [0.5, 0.6) is 5.75 Å². The summed E-state index contributed by atoms with van der Waals surface area (Å²) in [5, 5.41) is 2.96. The molecule has 0 bridgehead atoms. The highest BCUT2D eigenvalue weighted by molar-refractivity contribution is 5.94. The molecule has 3 aromatic rings. The predicted molar refractivity (Wildman–Crippen MR) is 114 cm³/mol. The zero-order valence-electron chi connectivity index (χ0n) is 16.4. The lowest BCUT2D eigenvalue weighted by Gasteiger charge is -2.16. The predicted octanol–water partition coefficient (Wildman–Crippen LogP) is 4.19. The van der Waals surface area contributed by atoms with Crippen LogP contribution in [0.1, 0.15) is 34.3 Å². The number of ether oxygens (including phenoxy) is 1. The maximum Gasteiger partial charge on any atom is 0.251 e. The molecular formula is C24H25N3O2. The van der Waals surface area contributed by atoms with Crippen LogP contribution in [-0.4, -0.2) is 24.0 Å². The Morgan fingerprint density at radius 3 is 2.55 bits per heavy atom. The summed E-state index contributed by atoms with van der Waals surface area (Å²) in [7, 11) is 0. The molecule has 0 unspecified atom stereocenters. The van der Waals surface area contributed by atoms with E-state index in [9.17, 15) is 4.79 Å². The lowest BCUT2D eigenvalue weighted by molar-refractivity contribution is 0.0950. The van der Waals surface area contributed by atoms with E-state index >= 15 is 0 Å². The topological polar surface area (TPSA) is 54.5 Å². The number of anilines is 1. The smallest absolute Gasteiger partial charge is 0.251 e. The van der Waals surface area contributed by atoms with Crippen LogP contribution in [0.3, 0.4) is 0 Å². The first-order chi connectivity index (χ1) is 14.3. The molecule has 0 radical (unpaired) electrons. The van der Waals surface area contributed by atoms with Crippen LogP contribution in [0.2, 0.25) is 0 Å². The molecule has 0 saturated carbocycles. The summed E-state index contributed by atoms with van der Waals surface area (Å²) in [4.78, 5) is 19.4. The first-order valence-corrected chi connectivity index (χ1v) is 10.0. The van der Waals surface area contributed by atoms with Crippen LogP contribution < -0.4 is 15.0 Å². The lowest BCUT2D eigenvalue weighted by Crippen LogP contribution is -2.23. The highest BCUT2D eigenvalue weighted by Crippen LogP contribution is 2.18. The molecular weight excluding hydrogens is 362 g/mol. The normalized spacial score (nSPS) is 13.3. The number of hydrogen-bond donors (Lipinski definition) is 1. The van der Waals surface area contributed by atoms with Crippen molar-refractivity contribution in [2.75, 3.05) is 18.0 Å². The van der Waals surface area contributed by atoms with Gasteiger partial charge in [-0.15, -0.1) is 0 Å². The molecule has 5 heteroatoms. The minimum absolute atomic E-state index is 0.126. The van der Waals surface area contributed by atoms with Crippen LogP contribution in [-0.2, 0) is 13.2 Å². The fourth-order valence-corrected chi connectivity index (χ4v) is 3.41. The van der Waals surface area contributed by atoms with Gasteiger partial charge in [0.25, 0.3) is 5.91 Å². The number of carbonyl (C=O) groups excluding carboxylic acids is 1. The monoisotopic (exact) mass is 387 g/mol. The molecule has 1 aromatic heterocycles. The van der Waals surface area contributed by atoms with Gasteiger partial charge >= 0.3 is 0 Å². The highest BCUT2D eigenvalue weighted by Gasteiger charge is 2.13. The number of pyridine rings is 1. The summed E-state index contributed by atoms with van der Waals surface area (Å²) in [6.07, 6.45) is 4.30. The van der Waals surface area contributed by atoms with E-state index in [0.29, 0.717) is 24.5 Å². The average molecular weight is 387 g/mol. The summed E-state index contributed by atoms with van der Waals surface area (Å²) in [5.74, 6) is 1.57. The minimum atomic E-state index is -0.126. The Morgan fingerprint density at radius 2 is 1.79 bits per heavy atom. The Labute approximate surface area is 171 Å². The fraction of sp³-hybridized carbons (Fsp3) is 0.250. The third-order valence-corrected chi connectivity index (χ3v) is 5.04. The van der Waals surface area contributed by atoms with E-state index in [0.717, 1.165) is 30.0 Å². The molecule has 2 heterocycles. The molecule has 0 aliphatic carbocycles. The molecule has 1 aliphatic rings. The summed E-state index contributed by atoms with van der Waals surface area (Å²) in [6, 6.07) is 21.3. The van der Waals surface area contributed by atoms with E-state index in [-0.39, 0.29) is 5.91 Å². The second kappa shape index (κ2) is 9.24. The molecule has 0 spiro atoms. The van der Waals surface area contributed by atoms with Crippen molar-refractivity contribution in [1.29, 1.82) is 0 Å². The van der Waals surface area contributed by atoms with Crippen molar-refractivity contribution < 1.29 is 9.53 Å². The van der Waals surface area contributed by atoms with E-state index in [1.807, 2.05) is 60.8 Å². The van der Waals surface area contributed by atoms with Gasteiger partial charge in [-0.25, -0.2) is 4.98 Å². The van der Waals surface area contributed by atoms with Crippen LogP contribution >= 0.6 is 0 Å². The Hall–Kier alpha value is -3.34. The van der Waals surface area contributed by atoms with Gasteiger partial charge in [-0.2, -0.15) is 0 Å². The second-order valence-electron chi connectivity index (χ2n) is 7.20. The average Bonchev–Trinajstić information content (AvgIpc) is 3.32. The number of aromatic nitrogens is 1. The second-order valence-corrected chi connectivity index (χ2v) is 7.20. The quantitative estimate of drug-likeness (QED) is 0.660. The maximum atomic E-state index is 12.5. The van der Waals surface area contributed by atoms with Gasteiger partial charge in [-0.05, 0) is 48.2 Å². The Balaban J connectivity index is 1.31. The molecule has 148 valence electrons. The van der Waals surface area contributed by atoms with Crippen molar-refractivity contribution in [3.05, 3.63) is 89.6 Å². The number of carbonyl (C=O) groups is 1. The Kier molecular flexibility index (Phi) is 6.05. The van der Waals surface area contributed by atoms with Crippen molar-refractivity contribution in [3.8, 4) is 5.75 Å². The van der Waals surface area contributed by atoms with Gasteiger partial charge in [0, 0.05) is 31.4 Å². The summed E-state index contributed by atoms with van der Waals surface area (Å²) >= 11 is 0. The fourth-order valence-electron chi connectivity index (χ4n) is 3.41. The van der Waals surface area contributed by atoms with Crippen LogP contribution in [0, 0.1) is 0 Å². The zero-order valence-corrected chi connectivity index (χ0v) is 16.4. The van der Waals surface area contributed by atoms with Gasteiger partial charge in [0.05, 0.1) is 0 Å². The van der Waals surface area contributed by atoms with Crippen molar-refractivity contribution in [2.45, 2.75) is 26.0 Å². The molecule has 0 atom stereocenters. The van der Waals surface area contributed by atoms with Gasteiger partial charge in [0.1, 0.15) is 18.2 Å². The Bertz CT molecular complexity index is 936. The summed E-state index contributed by atoms with van der Waals surface area (Å²) in [6.45, 7) is 3.07. The largest absolute Gasteiger partial charge is 0.489 e. The molecule has 4 rings (SSSR count). The molecule has 2 aromatic carbocycles. The van der Waals surface area contributed by atoms with Crippen LogP contribution in [0.4, 0.5) is 5.82 Å². The number of nitrogens with one attached hydrogen (secondary N) is 1. The Morgan fingerprint density at radius 1 is 0.966 bits per heavy atom. The number of benzene rings is 2. The molecule has 1 fully saturated rings. The van der Waals surface area contributed by atoms with Gasteiger partial charge in [0.2, 0.25) is 0 Å². The van der Waals surface area contributed by atoms with Crippen LogP contribution in [0.15, 0.2) is 72.9 Å². The van der Waals surface area contributed by atoms with Gasteiger partial charge < -0.3 is 15.0 Å². The molecule has 1 saturated heterocycles. The maximum absolute atomic E-state index is 12.5. The minimum Gasteiger partial charge on any atom is -0.489 e. The third kappa shape index (κ3) is 5.13. The van der Waals surface area contributed by atoms with E-state index in [1.165, 1.54) is 12.8 Å². The lowest BCUT2D eigenvalue weighted by atomic mass is 10.2. The third-order valence-electron chi connectivity index (χ3n) is 5.04. The first kappa shape index (κ1) is 19.0. The summed E-state index contributed by atoms with van der Waals surface area (Å²) < 4.78 is 5.81. The van der Waals surface area contributed by atoms with Crippen molar-refractivity contribution >= 4 is 11.7 Å². The van der Waals surface area contributed by atoms with E-state index < -0.39 is 0 Å². The highest BCUT2D eigenvalue weighted by atomic mass is 16.5. The zero-order chi connectivity index (χ0) is 19.9. The van der Waals surface area contributed by atoms with E-state index in [2.05, 4.69) is 15.2 Å². The number of amides is 1. The van der Waals surface area contributed by atoms with Crippen LogP contribution in [0.25, 0.3) is 0 Å². The van der Waals surface area contributed by atoms with E-state index in [4.69, 9.17) is 4.74 Å². The number of hydrogen-bond acceptors (Lipinski definition) is 4. The number of rotatable bonds is 7. The van der Waals surface area contributed by atoms with Gasteiger partial charge in [0.15, 0.2) is 0 Å². The van der Waals surface area contributed by atoms with Crippen molar-refractivity contribution in [1.82, 2.24) is 10.3 Å². The molecule has 1 aliphatic heterocycles. The summed E-state index contributed by atoms with van der Waals surface area (Å²) in [5.41, 5.74) is 2.65. The van der Waals surface area contributed by atoms with Crippen molar-refractivity contribution in [2.24, 2.45) is 0 Å². The first-order valence-electron chi connectivity index (χ1n) is 10.0.